The summed E-state index contributed by atoms with van der Waals surface area (Å²) in [5, 5.41) is 5.59. The number of carbonyl (C=O) groups is 2. The fourth-order valence-electron chi connectivity index (χ4n) is 2.45. The second-order valence-corrected chi connectivity index (χ2v) is 5.44. The molecule has 1 aromatic rings. The molecule has 2 amide bonds. The van der Waals surface area contributed by atoms with Gasteiger partial charge in [0.25, 0.3) is 11.8 Å². The second kappa shape index (κ2) is 7.38. The number of benzene rings is 1. The lowest BCUT2D eigenvalue weighted by Crippen LogP contribution is -2.30. The summed E-state index contributed by atoms with van der Waals surface area (Å²) in [6.07, 6.45) is 0.953. The molecule has 1 heterocycles. The summed E-state index contributed by atoms with van der Waals surface area (Å²) in [7, 11) is 0. The zero-order chi connectivity index (χ0) is 16.1. The van der Waals surface area contributed by atoms with Crippen LogP contribution in [-0.2, 0) is 9.53 Å². The quantitative estimate of drug-likeness (QED) is 0.761. The summed E-state index contributed by atoms with van der Waals surface area (Å²) in [4.78, 5) is 24.1. The molecular weight excluding hydrogens is 282 g/mol. The number of nitrogens with one attached hydrogen (secondary N) is 2. The molecule has 0 aromatic heterocycles. The fourth-order valence-corrected chi connectivity index (χ4v) is 2.45. The van der Waals surface area contributed by atoms with Crippen molar-refractivity contribution >= 4 is 17.5 Å². The third kappa shape index (κ3) is 3.84. The van der Waals surface area contributed by atoms with Gasteiger partial charge in [-0.15, -0.1) is 0 Å². The predicted octanol–water partition coefficient (Wildman–Crippen LogP) is 1.19. The van der Waals surface area contributed by atoms with E-state index in [2.05, 4.69) is 10.6 Å². The number of hydrogen-bond donors (Lipinski definition) is 3. The molecule has 0 bridgehead atoms. The largest absolute Gasteiger partial charge is 0.364 e. The van der Waals surface area contributed by atoms with Crippen molar-refractivity contribution in [3.8, 4) is 0 Å². The van der Waals surface area contributed by atoms with Crippen LogP contribution < -0.4 is 16.4 Å². The fraction of sp³-hybridized carbons (Fsp3) is 0.500. The van der Waals surface area contributed by atoms with E-state index < -0.39 is 6.10 Å². The number of rotatable bonds is 5. The van der Waals surface area contributed by atoms with Crippen LogP contribution in [0.4, 0.5) is 5.69 Å². The van der Waals surface area contributed by atoms with E-state index in [0.717, 1.165) is 12.0 Å². The molecule has 4 N–H and O–H groups in total. The molecule has 120 valence electrons. The first-order chi connectivity index (χ1) is 10.5. The highest BCUT2D eigenvalue weighted by Gasteiger charge is 2.30. The molecule has 1 aromatic carbocycles. The van der Waals surface area contributed by atoms with Gasteiger partial charge in [0.1, 0.15) is 6.10 Å². The average molecular weight is 305 g/mol. The molecule has 22 heavy (non-hydrogen) atoms. The Labute approximate surface area is 130 Å². The van der Waals surface area contributed by atoms with Crippen molar-refractivity contribution in [2.24, 2.45) is 5.73 Å². The van der Waals surface area contributed by atoms with Crippen LogP contribution in [0.15, 0.2) is 18.2 Å². The Kier molecular flexibility index (Phi) is 5.51. The van der Waals surface area contributed by atoms with Crippen LogP contribution in [0.25, 0.3) is 0 Å². The summed E-state index contributed by atoms with van der Waals surface area (Å²) < 4.78 is 5.58. The highest BCUT2D eigenvalue weighted by Crippen LogP contribution is 2.22. The zero-order valence-corrected chi connectivity index (χ0v) is 13.0. The Balaban J connectivity index is 2.07. The minimum atomic E-state index is -0.471. The number of anilines is 1. The van der Waals surface area contributed by atoms with Gasteiger partial charge in [-0.1, -0.05) is 6.07 Å². The van der Waals surface area contributed by atoms with Gasteiger partial charge in [-0.25, -0.2) is 0 Å². The van der Waals surface area contributed by atoms with E-state index in [1.165, 1.54) is 0 Å². The van der Waals surface area contributed by atoms with Crippen molar-refractivity contribution in [3.05, 3.63) is 29.3 Å². The van der Waals surface area contributed by atoms with Crippen molar-refractivity contribution < 1.29 is 14.3 Å². The van der Waals surface area contributed by atoms with Gasteiger partial charge in [0.2, 0.25) is 0 Å². The summed E-state index contributed by atoms with van der Waals surface area (Å²) >= 11 is 0. The molecule has 1 saturated heterocycles. The van der Waals surface area contributed by atoms with Gasteiger partial charge in [-0.05, 0) is 44.4 Å². The van der Waals surface area contributed by atoms with E-state index in [1.807, 2.05) is 19.9 Å². The van der Waals surface area contributed by atoms with Crippen LogP contribution in [-0.4, -0.2) is 37.1 Å². The summed E-state index contributed by atoms with van der Waals surface area (Å²) in [5.74, 6) is -0.342. The van der Waals surface area contributed by atoms with Gasteiger partial charge in [-0.3, -0.25) is 9.59 Å². The van der Waals surface area contributed by atoms with Crippen molar-refractivity contribution in [1.82, 2.24) is 5.32 Å². The molecule has 6 heteroatoms. The highest BCUT2D eigenvalue weighted by atomic mass is 16.5. The number of nitrogens with two attached hydrogens (primary N) is 1. The smallest absolute Gasteiger partial charge is 0.253 e. The lowest BCUT2D eigenvalue weighted by Gasteiger charge is -2.15. The molecule has 1 aliphatic heterocycles. The minimum absolute atomic E-state index is 0.0430. The number of amides is 2. The molecule has 1 fully saturated rings. The lowest BCUT2D eigenvalue weighted by atomic mass is 10.1. The van der Waals surface area contributed by atoms with Gasteiger partial charge in [0.15, 0.2) is 0 Å². The van der Waals surface area contributed by atoms with Crippen molar-refractivity contribution in [3.63, 3.8) is 0 Å². The van der Waals surface area contributed by atoms with Gasteiger partial charge >= 0.3 is 0 Å². The molecule has 0 aliphatic carbocycles. The molecular formula is C16H23N3O3. The molecule has 1 aliphatic rings. The molecule has 0 radical (unpaired) electrons. The highest BCUT2D eigenvalue weighted by molar-refractivity contribution is 5.99. The Morgan fingerprint density at radius 3 is 2.77 bits per heavy atom. The summed E-state index contributed by atoms with van der Waals surface area (Å²) in [5.41, 5.74) is 7.61. The maximum Gasteiger partial charge on any atom is 0.253 e. The predicted molar refractivity (Wildman–Crippen MR) is 84.8 cm³/mol. The first-order valence-electron chi connectivity index (χ1n) is 7.60. The Morgan fingerprint density at radius 2 is 2.14 bits per heavy atom. The van der Waals surface area contributed by atoms with Crippen molar-refractivity contribution in [1.29, 1.82) is 0 Å². The van der Waals surface area contributed by atoms with Crippen molar-refractivity contribution in [2.45, 2.75) is 38.9 Å². The molecule has 0 saturated carbocycles. The Bertz CT molecular complexity index is 560. The minimum Gasteiger partial charge on any atom is -0.364 e. The monoisotopic (exact) mass is 305 g/mol. The van der Waals surface area contributed by atoms with E-state index in [9.17, 15) is 9.59 Å². The molecule has 2 rings (SSSR count). The van der Waals surface area contributed by atoms with Crippen LogP contribution >= 0.6 is 0 Å². The topological polar surface area (TPSA) is 93.5 Å². The van der Waals surface area contributed by atoms with E-state index in [4.69, 9.17) is 10.5 Å². The third-order valence-electron chi connectivity index (χ3n) is 3.76. The van der Waals surface area contributed by atoms with Crippen LogP contribution in [0.5, 0.6) is 0 Å². The Hall–Kier alpha value is -1.92. The number of aryl methyl sites for hydroxylation is 1. The second-order valence-electron chi connectivity index (χ2n) is 5.44. The summed E-state index contributed by atoms with van der Waals surface area (Å²) in [6, 6.07) is 5.25. The number of ether oxygens (including phenoxy) is 1. The molecule has 0 unspecified atom stereocenters. The normalized spacial score (nSPS) is 20.7. The third-order valence-corrected chi connectivity index (χ3v) is 3.76. The zero-order valence-electron chi connectivity index (χ0n) is 13.0. The molecule has 2 atom stereocenters. The van der Waals surface area contributed by atoms with Crippen LogP contribution in [0.2, 0.25) is 0 Å². The molecule has 0 spiro atoms. The van der Waals surface area contributed by atoms with Gasteiger partial charge < -0.3 is 21.1 Å². The van der Waals surface area contributed by atoms with Crippen molar-refractivity contribution in [2.75, 3.05) is 18.4 Å². The maximum atomic E-state index is 12.3. The van der Waals surface area contributed by atoms with E-state index in [1.54, 1.807) is 12.1 Å². The maximum absolute atomic E-state index is 12.3. The van der Waals surface area contributed by atoms with E-state index in [-0.39, 0.29) is 17.9 Å². The van der Waals surface area contributed by atoms with Gasteiger partial charge in [-0.2, -0.15) is 0 Å². The first-order valence-corrected chi connectivity index (χ1v) is 7.60. The number of hydrogen-bond acceptors (Lipinski definition) is 4. The van der Waals surface area contributed by atoms with E-state index in [0.29, 0.717) is 30.8 Å². The standard InChI is InChI=1S/C16H23N3O3/c1-3-18-15(20)11-5-4-10(2)13(8-11)19-16(21)14-7-6-12(9-17)22-14/h4-5,8,12,14H,3,6-7,9,17H2,1-2H3,(H,18,20)(H,19,21)/t12-,14+/m1/s1. The SMILES string of the molecule is CCNC(=O)c1ccc(C)c(NC(=O)[C@@H]2CC[C@H](CN)O2)c1. The lowest BCUT2D eigenvalue weighted by molar-refractivity contribution is -0.126. The van der Waals surface area contributed by atoms with Crippen LogP contribution in [0.1, 0.15) is 35.7 Å². The summed E-state index contributed by atoms with van der Waals surface area (Å²) in [6.45, 7) is 4.73. The van der Waals surface area contributed by atoms with E-state index >= 15 is 0 Å². The first kappa shape index (κ1) is 16.5. The Morgan fingerprint density at radius 1 is 1.36 bits per heavy atom. The van der Waals surface area contributed by atoms with Gasteiger partial charge in [0, 0.05) is 24.3 Å². The number of carbonyl (C=O) groups excluding carboxylic acids is 2. The van der Waals surface area contributed by atoms with Crippen LogP contribution in [0, 0.1) is 6.92 Å². The van der Waals surface area contributed by atoms with Crippen LogP contribution in [0.3, 0.4) is 0 Å². The molecule has 6 nitrogen and oxygen atoms in total. The average Bonchev–Trinajstić information content (AvgIpc) is 2.98. The van der Waals surface area contributed by atoms with Gasteiger partial charge in [0.05, 0.1) is 6.10 Å².